The van der Waals surface area contributed by atoms with Crippen LogP contribution in [-0.4, -0.2) is 63.5 Å². The first-order valence-corrected chi connectivity index (χ1v) is 9.55. The molecule has 13 heteroatoms. The highest BCUT2D eigenvalue weighted by Crippen LogP contribution is 2.31. The largest absolute Gasteiger partial charge is 0.394 e. The second kappa shape index (κ2) is 6.59. The Kier molecular flexibility index (Phi) is 5.31. The lowest BCUT2D eigenvalue weighted by molar-refractivity contribution is -0.0552. The van der Waals surface area contributed by atoms with Crippen LogP contribution >= 0.6 is 6.72 Å². The van der Waals surface area contributed by atoms with E-state index in [1.54, 1.807) is 0 Å². The monoisotopic (exact) mass is 372 g/mol. The molecule has 1 aromatic heterocycles. The first-order chi connectivity index (χ1) is 10.6. The highest BCUT2D eigenvalue weighted by atomic mass is 32.5. The molecular weight excluding hydrogens is 355 g/mol. The van der Waals surface area contributed by atoms with Gasteiger partial charge in [0, 0.05) is 11.8 Å². The topological polar surface area (TPSA) is 175 Å². The molecule has 0 spiro atoms. The van der Waals surface area contributed by atoms with Crippen molar-refractivity contribution in [3.8, 4) is 0 Å². The predicted octanol–water partition coefficient (Wildman–Crippen LogP) is -3.84. The smallest absolute Gasteiger partial charge is 0.343 e. The summed E-state index contributed by atoms with van der Waals surface area (Å²) in [5, 5.41) is 28.7. The minimum absolute atomic E-state index is 0.00304. The van der Waals surface area contributed by atoms with E-state index in [4.69, 9.17) is 24.5 Å². The van der Waals surface area contributed by atoms with Crippen LogP contribution in [0.4, 0.5) is 0 Å². The first-order valence-electron chi connectivity index (χ1n) is 6.35. The van der Waals surface area contributed by atoms with E-state index in [9.17, 15) is 19.8 Å². The van der Waals surface area contributed by atoms with E-state index in [1.165, 1.54) is 6.92 Å². The van der Waals surface area contributed by atoms with E-state index >= 15 is 0 Å². The third-order valence-corrected chi connectivity index (χ3v) is 5.29. The molecule has 0 aromatic carbocycles. The van der Waals surface area contributed by atoms with Crippen molar-refractivity contribution in [3.05, 3.63) is 32.6 Å². The molecule has 23 heavy (non-hydrogen) atoms. The molecule has 1 aliphatic heterocycles. The van der Waals surface area contributed by atoms with Gasteiger partial charge in [0.05, 0.1) is 6.61 Å². The fourth-order valence-electron chi connectivity index (χ4n) is 2.17. The zero-order chi connectivity index (χ0) is 17.5. The molecule has 2 heterocycles. The van der Waals surface area contributed by atoms with Crippen molar-refractivity contribution in [3.63, 3.8) is 0 Å². The van der Waals surface area contributed by atoms with Gasteiger partial charge in [0.2, 0.25) is 0 Å². The number of thiol groups is 1. The number of nitrogens with zero attached hydrogens (tertiary/aromatic N) is 2. The van der Waals surface area contributed by atoms with Gasteiger partial charge in [-0.1, -0.05) is 0 Å². The van der Waals surface area contributed by atoms with Crippen molar-refractivity contribution >= 4 is 17.8 Å². The quantitative estimate of drug-likeness (QED) is 0.207. The molecule has 0 saturated carbocycles. The minimum Gasteiger partial charge on any atom is -0.394 e. The summed E-state index contributed by atoms with van der Waals surface area (Å²) in [5.41, 5.74) is -1.94. The Morgan fingerprint density at radius 1 is 1.26 bits per heavy atom. The molecule has 0 radical (unpaired) electrons. The Labute approximate surface area is 132 Å². The van der Waals surface area contributed by atoms with Crippen molar-refractivity contribution in [2.24, 2.45) is 0 Å². The van der Waals surface area contributed by atoms with Gasteiger partial charge in [-0.2, -0.15) is 0 Å². The Balaban J connectivity index is 2.63. The molecule has 4 atom stereocenters. The van der Waals surface area contributed by atoms with E-state index in [1.807, 2.05) is 0 Å². The van der Waals surface area contributed by atoms with Crippen LogP contribution in [0.25, 0.3) is 0 Å². The standard InChI is InChI=1S/C10H17N2O9PS/c1-4-2-11(9-7(15)6(14)5(3-13)21-9)10(17)12(8(4)16)23-22(18,19)20/h2,5-7,9,13-15,18-20,23H,3H2,1H3/t5-,6-,7-,9-/m1/s1. The summed E-state index contributed by atoms with van der Waals surface area (Å²) < 4.78 is 6.35. The molecule has 0 unspecified atom stereocenters. The summed E-state index contributed by atoms with van der Waals surface area (Å²) in [7, 11) is 0. The van der Waals surface area contributed by atoms with Gasteiger partial charge in [0.15, 0.2) is 6.23 Å². The molecule has 1 saturated heterocycles. The zero-order valence-corrected chi connectivity index (χ0v) is 13.6. The molecule has 0 amide bonds. The Morgan fingerprint density at radius 2 is 1.87 bits per heavy atom. The Bertz CT molecular complexity index is 760. The van der Waals surface area contributed by atoms with E-state index in [2.05, 4.69) is 0 Å². The molecule has 1 fully saturated rings. The van der Waals surface area contributed by atoms with Crippen LogP contribution in [0.5, 0.6) is 0 Å². The van der Waals surface area contributed by atoms with E-state index < -0.39 is 60.2 Å². The maximum Gasteiger partial charge on any atom is 0.343 e. The minimum atomic E-state index is -4.48. The van der Waals surface area contributed by atoms with Crippen LogP contribution < -0.4 is 11.2 Å². The molecule has 1 aromatic rings. The normalized spacial score (nSPS) is 28.3. The van der Waals surface area contributed by atoms with Crippen LogP contribution in [0.1, 0.15) is 11.8 Å². The zero-order valence-electron chi connectivity index (χ0n) is 11.8. The van der Waals surface area contributed by atoms with Crippen LogP contribution in [0.15, 0.2) is 15.8 Å². The number of rotatable bonds is 3. The Hall–Kier alpha value is -0.820. The van der Waals surface area contributed by atoms with Crippen molar-refractivity contribution < 1.29 is 34.7 Å². The molecule has 1 aliphatic rings. The van der Waals surface area contributed by atoms with Crippen LogP contribution in [-0.2, 0) is 15.9 Å². The maximum absolute atomic E-state index is 12.3. The molecule has 6 N–H and O–H groups in total. The highest BCUT2D eigenvalue weighted by molar-refractivity contribution is 8.15. The summed E-state index contributed by atoms with van der Waals surface area (Å²) >= 11 is -0.725. The van der Waals surface area contributed by atoms with Gasteiger partial charge in [0.1, 0.15) is 18.3 Å². The SMILES string of the molecule is Cc1cn([C@@H]2O[C@H](CO)[C@@H](O)[C@H]2O)c(=O)n([SH]=P(O)(O)O)c1=O. The van der Waals surface area contributed by atoms with E-state index in [-0.39, 0.29) is 5.56 Å². The van der Waals surface area contributed by atoms with E-state index in [0.717, 1.165) is 10.8 Å². The maximum atomic E-state index is 12.3. The third-order valence-electron chi connectivity index (χ3n) is 3.27. The van der Waals surface area contributed by atoms with Crippen LogP contribution in [0.2, 0.25) is 0 Å². The van der Waals surface area contributed by atoms with Crippen LogP contribution in [0.3, 0.4) is 0 Å². The summed E-state index contributed by atoms with van der Waals surface area (Å²) in [6, 6.07) is 0. The van der Waals surface area contributed by atoms with Gasteiger partial charge in [0.25, 0.3) is 12.3 Å². The lowest BCUT2D eigenvalue weighted by Crippen LogP contribution is -2.43. The van der Waals surface area contributed by atoms with Gasteiger partial charge in [-0.25, -0.2) is 8.77 Å². The predicted molar refractivity (Wildman–Crippen MR) is 80.4 cm³/mol. The number of hydrogen-bond donors (Lipinski definition) is 7. The average molecular weight is 372 g/mol. The van der Waals surface area contributed by atoms with Gasteiger partial charge < -0.3 is 34.7 Å². The summed E-state index contributed by atoms with van der Waals surface area (Å²) in [6.45, 7) is -3.75. The molecular formula is C10H17N2O9PS. The molecule has 0 aliphatic carbocycles. The fourth-order valence-corrected chi connectivity index (χ4v) is 4.03. The highest BCUT2D eigenvalue weighted by Gasteiger charge is 2.44. The number of aliphatic hydroxyl groups is 3. The first kappa shape index (κ1) is 18.5. The fraction of sp³-hybridized carbons (Fsp3) is 0.600. The molecule has 0 bridgehead atoms. The van der Waals surface area contributed by atoms with Crippen molar-refractivity contribution in [2.75, 3.05) is 6.61 Å². The van der Waals surface area contributed by atoms with Crippen molar-refractivity contribution in [1.82, 2.24) is 8.54 Å². The summed E-state index contributed by atoms with van der Waals surface area (Å²) in [5.74, 6) is 0. The van der Waals surface area contributed by atoms with Gasteiger partial charge in [-0.3, -0.25) is 9.36 Å². The summed E-state index contributed by atoms with van der Waals surface area (Å²) in [4.78, 5) is 51.5. The van der Waals surface area contributed by atoms with E-state index in [0.29, 0.717) is 3.97 Å². The lowest BCUT2D eigenvalue weighted by Gasteiger charge is -2.19. The number of aliphatic hydroxyl groups excluding tert-OH is 3. The van der Waals surface area contributed by atoms with Gasteiger partial charge >= 0.3 is 5.69 Å². The number of hydrogen-bond acceptors (Lipinski definition) is 6. The van der Waals surface area contributed by atoms with Gasteiger partial charge in [-0.15, -0.1) is 0 Å². The molecule has 11 nitrogen and oxygen atoms in total. The summed E-state index contributed by atoms with van der Waals surface area (Å²) in [6.07, 6.45) is -4.44. The second-order valence-corrected chi connectivity index (χ2v) is 8.77. The van der Waals surface area contributed by atoms with Gasteiger partial charge in [-0.05, 0) is 18.0 Å². The Morgan fingerprint density at radius 3 is 2.35 bits per heavy atom. The lowest BCUT2D eigenvalue weighted by atomic mass is 10.1. The van der Waals surface area contributed by atoms with Crippen molar-refractivity contribution in [1.29, 1.82) is 0 Å². The number of ether oxygens (including phenoxy) is 1. The number of aryl methyl sites for hydroxylation is 1. The average Bonchev–Trinajstić information content (AvgIpc) is 2.74. The third kappa shape index (κ3) is 3.65. The van der Waals surface area contributed by atoms with Crippen LogP contribution in [0, 0.1) is 6.92 Å². The number of aromatic nitrogens is 2. The molecule has 132 valence electrons. The molecule has 2 rings (SSSR count). The van der Waals surface area contributed by atoms with Crippen molar-refractivity contribution in [2.45, 2.75) is 31.5 Å². The second-order valence-electron chi connectivity index (χ2n) is 4.97.